The van der Waals surface area contributed by atoms with Crippen molar-refractivity contribution in [2.75, 3.05) is 5.32 Å². The third kappa shape index (κ3) is 5.82. The highest BCUT2D eigenvalue weighted by Gasteiger charge is 2.26. The number of hydrogen-bond acceptors (Lipinski definition) is 6. The Morgan fingerprint density at radius 3 is 2.52 bits per heavy atom. The van der Waals surface area contributed by atoms with Gasteiger partial charge in [0.05, 0.1) is 18.1 Å². The monoisotopic (exact) mass is 347 g/mol. The predicted molar refractivity (Wildman–Crippen MR) is 93.6 cm³/mol. The van der Waals surface area contributed by atoms with Gasteiger partial charge in [0.25, 0.3) is 5.91 Å². The lowest BCUT2D eigenvalue weighted by Gasteiger charge is -2.24. The SMILES string of the molecule is CC(C)[C@@H](Nc1cnc(C=CC(=O)NO)cn1)C(=O)NC1CCCC1. The van der Waals surface area contributed by atoms with Gasteiger partial charge < -0.3 is 10.6 Å². The molecular weight excluding hydrogens is 322 g/mol. The maximum absolute atomic E-state index is 12.5. The first-order chi connectivity index (χ1) is 12.0. The molecule has 2 rings (SSSR count). The summed E-state index contributed by atoms with van der Waals surface area (Å²) in [7, 11) is 0. The third-order valence-corrected chi connectivity index (χ3v) is 4.14. The van der Waals surface area contributed by atoms with E-state index in [4.69, 9.17) is 5.21 Å². The van der Waals surface area contributed by atoms with Crippen LogP contribution in [0.2, 0.25) is 0 Å². The summed E-state index contributed by atoms with van der Waals surface area (Å²) in [4.78, 5) is 31.8. The first kappa shape index (κ1) is 18.9. The van der Waals surface area contributed by atoms with Gasteiger partial charge in [-0.15, -0.1) is 0 Å². The number of amides is 2. The molecule has 0 radical (unpaired) electrons. The molecular formula is C17H25N5O3. The fraction of sp³-hybridized carbons (Fsp3) is 0.529. The molecule has 1 heterocycles. The van der Waals surface area contributed by atoms with Crippen molar-refractivity contribution >= 4 is 23.7 Å². The van der Waals surface area contributed by atoms with Crippen molar-refractivity contribution in [2.45, 2.75) is 51.6 Å². The maximum atomic E-state index is 12.5. The minimum Gasteiger partial charge on any atom is -0.357 e. The lowest BCUT2D eigenvalue weighted by molar-refractivity contribution is -0.124. The number of nitrogens with zero attached hydrogens (tertiary/aromatic N) is 2. The van der Waals surface area contributed by atoms with Crippen molar-refractivity contribution in [1.82, 2.24) is 20.8 Å². The van der Waals surface area contributed by atoms with Crippen LogP contribution >= 0.6 is 0 Å². The molecule has 1 aromatic heterocycles. The van der Waals surface area contributed by atoms with E-state index in [-0.39, 0.29) is 17.9 Å². The molecule has 0 aliphatic heterocycles. The van der Waals surface area contributed by atoms with Crippen LogP contribution in [-0.2, 0) is 9.59 Å². The first-order valence-corrected chi connectivity index (χ1v) is 8.50. The smallest absolute Gasteiger partial charge is 0.267 e. The van der Waals surface area contributed by atoms with E-state index in [2.05, 4.69) is 20.6 Å². The number of nitrogens with one attached hydrogen (secondary N) is 3. The van der Waals surface area contributed by atoms with E-state index in [0.29, 0.717) is 11.5 Å². The normalized spacial score (nSPS) is 16.2. The number of hydroxylamine groups is 1. The summed E-state index contributed by atoms with van der Waals surface area (Å²) in [5, 5.41) is 14.7. The fourth-order valence-electron chi connectivity index (χ4n) is 2.75. The number of rotatable bonds is 7. The van der Waals surface area contributed by atoms with Gasteiger partial charge in [-0.3, -0.25) is 19.8 Å². The Balaban J connectivity index is 1.97. The topological polar surface area (TPSA) is 116 Å². The van der Waals surface area contributed by atoms with E-state index in [1.165, 1.54) is 36.8 Å². The molecule has 0 bridgehead atoms. The summed E-state index contributed by atoms with van der Waals surface area (Å²) in [6, 6.07) is -0.122. The van der Waals surface area contributed by atoms with Crippen LogP contribution in [0.3, 0.4) is 0 Å². The Morgan fingerprint density at radius 1 is 1.24 bits per heavy atom. The Bertz CT molecular complexity index is 609. The number of carbonyl (C=O) groups is 2. The molecule has 8 heteroatoms. The van der Waals surface area contributed by atoms with Crippen LogP contribution in [0.25, 0.3) is 6.08 Å². The van der Waals surface area contributed by atoms with Crippen molar-refractivity contribution < 1.29 is 14.8 Å². The van der Waals surface area contributed by atoms with E-state index < -0.39 is 11.9 Å². The summed E-state index contributed by atoms with van der Waals surface area (Å²) < 4.78 is 0. The third-order valence-electron chi connectivity index (χ3n) is 4.14. The quantitative estimate of drug-likeness (QED) is 0.337. The summed E-state index contributed by atoms with van der Waals surface area (Å²) in [5.41, 5.74) is 1.96. The van der Waals surface area contributed by atoms with Crippen molar-refractivity contribution in [3.05, 3.63) is 24.2 Å². The van der Waals surface area contributed by atoms with Crippen LogP contribution in [0.1, 0.15) is 45.2 Å². The number of carbonyl (C=O) groups excluding carboxylic acids is 2. The summed E-state index contributed by atoms with van der Waals surface area (Å²) >= 11 is 0. The lowest BCUT2D eigenvalue weighted by Crippen LogP contribution is -2.46. The molecule has 1 aliphatic rings. The van der Waals surface area contributed by atoms with Crippen molar-refractivity contribution in [1.29, 1.82) is 0 Å². The second-order valence-corrected chi connectivity index (χ2v) is 6.49. The molecule has 0 unspecified atom stereocenters. The molecule has 25 heavy (non-hydrogen) atoms. The average molecular weight is 347 g/mol. The second-order valence-electron chi connectivity index (χ2n) is 6.49. The Kier molecular flexibility index (Phi) is 6.88. The number of hydrogen-bond donors (Lipinski definition) is 4. The van der Waals surface area contributed by atoms with Gasteiger partial charge in [-0.1, -0.05) is 26.7 Å². The van der Waals surface area contributed by atoms with E-state index >= 15 is 0 Å². The highest BCUT2D eigenvalue weighted by Crippen LogP contribution is 2.18. The van der Waals surface area contributed by atoms with Crippen LogP contribution in [0.4, 0.5) is 5.82 Å². The molecule has 1 aromatic rings. The summed E-state index contributed by atoms with van der Waals surface area (Å²) in [6.45, 7) is 3.95. The van der Waals surface area contributed by atoms with Gasteiger partial charge in [-0.05, 0) is 24.8 Å². The van der Waals surface area contributed by atoms with Gasteiger partial charge in [-0.25, -0.2) is 10.5 Å². The Hall–Kier alpha value is -2.48. The zero-order valence-electron chi connectivity index (χ0n) is 14.5. The van der Waals surface area contributed by atoms with Gasteiger partial charge in [0.1, 0.15) is 11.9 Å². The van der Waals surface area contributed by atoms with Gasteiger partial charge in [0, 0.05) is 12.1 Å². The predicted octanol–water partition coefficient (Wildman–Crippen LogP) is 1.49. The highest BCUT2D eigenvalue weighted by atomic mass is 16.5. The molecule has 1 aliphatic carbocycles. The highest BCUT2D eigenvalue weighted by molar-refractivity contribution is 5.90. The molecule has 136 valence electrons. The van der Waals surface area contributed by atoms with Crippen LogP contribution in [0.5, 0.6) is 0 Å². The standard InChI is InChI=1S/C17H25N5O3/c1-11(2)16(17(24)20-12-5-3-4-6-12)21-14-10-18-13(9-19-14)7-8-15(23)22-25/h7-12,16,25H,3-6H2,1-2H3,(H,19,21)(H,20,24)(H,22,23)/t16-/m1/s1. The minimum atomic E-state index is -0.646. The summed E-state index contributed by atoms with van der Waals surface area (Å²) in [5.74, 6) is -0.0835. The van der Waals surface area contributed by atoms with Gasteiger partial charge >= 0.3 is 0 Å². The molecule has 1 atom stereocenters. The van der Waals surface area contributed by atoms with Crippen molar-refractivity contribution in [3.63, 3.8) is 0 Å². The number of anilines is 1. The molecule has 1 saturated carbocycles. The van der Waals surface area contributed by atoms with E-state index in [0.717, 1.165) is 18.9 Å². The molecule has 8 nitrogen and oxygen atoms in total. The molecule has 0 spiro atoms. The Labute approximate surface area is 147 Å². The summed E-state index contributed by atoms with van der Waals surface area (Å²) in [6.07, 6.45) is 9.97. The zero-order valence-corrected chi connectivity index (χ0v) is 14.5. The average Bonchev–Trinajstić information content (AvgIpc) is 3.11. The Morgan fingerprint density at radius 2 is 1.96 bits per heavy atom. The van der Waals surface area contributed by atoms with Crippen LogP contribution < -0.4 is 16.1 Å². The van der Waals surface area contributed by atoms with Gasteiger partial charge in [0.15, 0.2) is 0 Å². The molecule has 0 saturated heterocycles. The zero-order chi connectivity index (χ0) is 18.2. The van der Waals surface area contributed by atoms with Crippen LogP contribution in [0, 0.1) is 5.92 Å². The second kappa shape index (κ2) is 9.12. The minimum absolute atomic E-state index is 0.0210. The van der Waals surface area contributed by atoms with Crippen LogP contribution in [0.15, 0.2) is 18.5 Å². The van der Waals surface area contributed by atoms with Crippen molar-refractivity contribution in [2.24, 2.45) is 5.92 Å². The molecule has 2 amide bonds. The van der Waals surface area contributed by atoms with Gasteiger partial charge in [-0.2, -0.15) is 0 Å². The molecule has 0 aromatic carbocycles. The van der Waals surface area contributed by atoms with Gasteiger partial charge in [0.2, 0.25) is 5.91 Å². The molecule has 4 N–H and O–H groups in total. The largest absolute Gasteiger partial charge is 0.357 e. The van der Waals surface area contributed by atoms with E-state index in [1.54, 1.807) is 0 Å². The molecule has 1 fully saturated rings. The van der Waals surface area contributed by atoms with E-state index in [1.807, 2.05) is 13.8 Å². The lowest BCUT2D eigenvalue weighted by atomic mass is 10.0. The number of aromatic nitrogens is 2. The fourth-order valence-corrected chi connectivity index (χ4v) is 2.75. The van der Waals surface area contributed by atoms with E-state index in [9.17, 15) is 9.59 Å². The first-order valence-electron chi connectivity index (χ1n) is 8.50. The van der Waals surface area contributed by atoms with Crippen LogP contribution in [-0.4, -0.2) is 39.1 Å². The van der Waals surface area contributed by atoms with Crippen molar-refractivity contribution in [3.8, 4) is 0 Å². The maximum Gasteiger partial charge on any atom is 0.267 e.